The summed E-state index contributed by atoms with van der Waals surface area (Å²) in [6.45, 7) is 5.75. The third-order valence-corrected chi connectivity index (χ3v) is 5.42. The number of hydrogen-bond acceptors (Lipinski definition) is 3. The smallest absolute Gasteiger partial charge is 0.400 e. The van der Waals surface area contributed by atoms with Crippen LogP contribution in [-0.4, -0.2) is 0 Å². The number of hydrogen-bond donors (Lipinski definition) is 1. The molecular weight excluding hydrogens is 345 g/mol. The van der Waals surface area contributed by atoms with Gasteiger partial charge >= 0.3 is 7.75 Å². The Hall–Kier alpha value is -2.71. The molecule has 5 heteroatoms. The van der Waals surface area contributed by atoms with Crippen LogP contribution < -0.4 is 14.1 Å². The molecule has 0 aliphatic carbocycles. The molecule has 0 fully saturated rings. The zero-order valence-electron chi connectivity index (χ0n) is 15.1. The molecular formula is C21H22NO3P. The lowest BCUT2D eigenvalue weighted by Crippen LogP contribution is -2.11. The first-order valence-corrected chi connectivity index (χ1v) is 9.95. The molecule has 0 amide bonds. The number of anilines is 1. The Balaban J connectivity index is 1.97. The lowest BCUT2D eigenvalue weighted by atomic mass is 10.2. The predicted octanol–water partition coefficient (Wildman–Crippen LogP) is 6.29. The standard InChI is InChI=1S/C21H22NO3P/c1-16-10-4-7-13-19(16)22-26(23,24-20-14-8-5-11-17(20)2)25-21-15-9-6-12-18(21)3/h4-15H,1-3H3,(H,22,23). The molecule has 0 radical (unpaired) electrons. The van der Waals surface area contributed by atoms with Crippen LogP contribution in [-0.2, 0) is 4.57 Å². The predicted molar refractivity (Wildman–Crippen MR) is 106 cm³/mol. The van der Waals surface area contributed by atoms with Crippen molar-refractivity contribution in [1.82, 2.24) is 0 Å². The molecule has 0 atom stereocenters. The Morgan fingerprint density at radius 1 is 0.654 bits per heavy atom. The van der Waals surface area contributed by atoms with E-state index in [1.807, 2.05) is 81.4 Å². The first-order chi connectivity index (χ1) is 12.5. The Morgan fingerprint density at radius 2 is 1.08 bits per heavy atom. The molecule has 3 aromatic carbocycles. The van der Waals surface area contributed by atoms with Crippen molar-refractivity contribution < 1.29 is 13.6 Å². The van der Waals surface area contributed by atoms with Crippen molar-refractivity contribution in [3.05, 3.63) is 89.5 Å². The van der Waals surface area contributed by atoms with Gasteiger partial charge < -0.3 is 9.05 Å². The highest BCUT2D eigenvalue weighted by Crippen LogP contribution is 2.50. The van der Waals surface area contributed by atoms with Gasteiger partial charge in [-0.1, -0.05) is 54.6 Å². The number of aryl methyl sites for hydroxylation is 3. The zero-order valence-corrected chi connectivity index (χ0v) is 16.0. The van der Waals surface area contributed by atoms with E-state index in [1.54, 1.807) is 12.1 Å². The maximum absolute atomic E-state index is 13.6. The van der Waals surface area contributed by atoms with Crippen LogP contribution in [0.3, 0.4) is 0 Å². The van der Waals surface area contributed by atoms with Crippen LogP contribution >= 0.6 is 7.75 Å². The summed E-state index contributed by atoms with van der Waals surface area (Å²) in [7, 11) is -3.72. The van der Waals surface area contributed by atoms with Crippen LogP contribution in [0.15, 0.2) is 72.8 Å². The topological polar surface area (TPSA) is 47.6 Å². The van der Waals surface area contributed by atoms with Gasteiger partial charge in [0.05, 0.1) is 0 Å². The molecule has 0 aliphatic rings. The van der Waals surface area contributed by atoms with Gasteiger partial charge in [0.25, 0.3) is 0 Å². The lowest BCUT2D eigenvalue weighted by Gasteiger charge is -2.23. The van der Waals surface area contributed by atoms with E-state index in [9.17, 15) is 4.57 Å². The fourth-order valence-electron chi connectivity index (χ4n) is 2.49. The number of nitrogens with one attached hydrogen (secondary N) is 1. The Morgan fingerprint density at radius 3 is 1.54 bits per heavy atom. The van der Waals surface area contributed by atoms with Gasteiger partial charge in [-0.05, 0) is 55.7 Å². The summed E-state index contributed by atoms with van der Waals surface area (Å²) in [6, 6.07) is 22.5. The lowest BCUT2D eigenvalue weighted by molar-refractivity contribution is 0.390. The van der Waals surface area contributed by atoms with Gasteiger partial charge in [0.1, 0.15) is 11.5 Å². The molecule has 0 unspecified atom stereocenters. The summed E-state index contributed by atoms with van der Waals surface area (Å²) >= 11 is 0. The highest BCUT2D eigenvalue weighted by Gasteiger charge is 2.30. The SMILES string of the molecule is Cc1ccccc1NP(=O)(Oc1ccccc1C)Oc1ccccc1C. The summed E-state index contributed by atoms with van der Waals surface area (Å²) in [5.74, 6) is 1.04. The van der Waals surface area contributed by atoms with E-state index in [0.717, 1.165) is 16.7 Å². The second-order valence-corrected chi connectivity index (χ2v) is 7.72. The molecule has 0 bridgehead atoms. The minimum atomic E-state index is -3.72. The maximum atomic E-state index is 13.6. The van der Waals surface area contributed by atoms with Crippen LogP contribution in [0.4, 0.5) is 5.69 Å². The van der Waals surface area contributed by atoms with E-state index in [-0.39, 0.29) is 0 Å². The first kappa shape index (κ1) is 18.1. The molecule has 0 saturated carbocycles. The Labute approximate surface area is 154 Å². The van der Waals surface area contributed by atoms with Crippen LogP contribution in [0.2, 0.25) is 0 Å². The van der Waals surface area contributed by atoms with Gasteiger partial charge in [0.2, 0.25) is 0 Å². The van der Waals surface area contributed by atoms with E-state index in [2.05, 4.69) is 5.09 Å². The largest absolute Gasteiger partial charge is 0.541 e. The van der Waals surface area contributed by atoms with Crippen molar-refractivity contribution in [2.45, 2.75) is 20.8 Å². The molecule has 1 N–H and O–H groups in total. The van der Waals surface area contributed by atoms with Gasteiger partial charge in [-0.25, -0.2) is 4.57 Å². The van der Waals surface area contributed by atoms with Gasteiger partial charge in [-0.15, -0.1) is 0 Å². The number of para-hydroxylation sites is 3. The van der Waals surface area contributed by atoms with Crippen molar-refractivity contribution in [1.29, 1.82) is 0 Å². The van der Waals surface area contributed by atoms with Crippen LogP contribution in [0.5, 0.6) is 11.5 Å². The van der Waals surface area contributed by atoms with Crippen molar-refractivity contribution >= 4 is 13.4 Å². The van der Waals surface area contributed by atoms with Crippen molar-refractivity contribution in [3.8, 4) is 11.5 Å². The number of rotatable bonds is 6. The first-order valence-electron chi connectivity index (χ1n) is 8.41. The Bertz CT molecular complexity index is 833. The molecule has 4 nitrogen and oxygen atoms in total. The third-order valence-electron chi connectivity index (χ3n) is 4.03. The van der Waals surface area contributed by atoms with E-state index >= 15 is 0 Å². The summed E-state index contributed by atoms with van der Waals surface area (Å²) < 4.78 is 25.4. The van der Waals surface area contributed by atoms with E-state index in [0.29, 0.717) is 17.2 Å². The second kappa shape index (κ2) is 7.67. The minimum absolute atomic E-state index is 0.519. The monoisotopic (exact) mass is 367 g/mol. The second-order valence-electron chi connectivity index (χ2n) is 6.14. The Kier molecular flexibility index (Phi) is 5.34. The molecule has 134 valence electrons. The van der Waals surface area contributed by atoms with Crippen molar-refractivity contribution in [3.63, 3.8) is 0 Å². The summed E-state index contributed by atoms with van der Waals surface area (Å²) in [5.41, 5.74) is 3.42. The molecule has 3 rings (SSSR count). The van der Waals surface area contributed by atoms with Gasteiger partial charge in [0, 0.05) is 5.69 Å². The summed E-state index contributed by atoms with van der Waals surface area (Å²) in [6.07, 6.45) is 0. The summed E-state index contributed by atoms with van der Waals surface area (Å²) in [4.78, 5) is 0. The number of benzene rings is 3. The van der Waals surface area contributed by atoms with Crippen molar-refractivity contribution in [2.24, 2.45) is 0 Å². The van der Waals surface area contributed by atoms with Gasteiger partial charge in [-0.3, -0.25) is 5.09 Å². The molecule has 3 aromatic rings. The zero-order chi connectivity index (χ0) is 18.6. The van der Waals surface area contributed by atoms with E-state index in [1.165, 1.54) is 0 Å². The highest BCUT2D eigenvalue weighted by atomic mass is 31.2. The minimum Gasteiger partial charge on any atom is -0.400 e. The van der Waals surface area contributed by atoms with Crippen LogP contribution in [0, 0.1) is 20.8 Å². The van der Waals surface area contributed by atoms with Crippen molar-refractivity contribution in [2.75, 3.05) is 5.09 Å². The molecule has 0 saturated heterocycles. The van der Waals surface area contributed by atoms with Crippen LogP contribution in [0.1, 0.15) is 16.7 Å². The van der Waals surface area contributed by atoms with Gasteiger partial charge in [0.15, 0.2) is 0 Å². The fraction of sp³-hybridized carbons (Fsp3) is 0.143. The molecule has 26 heavy (non-hydrogen) atoms. The fourth-order valence-corrected chi connectivity index (χ4v) is 4.09. The average Bonchev–Trinajstić information content (AvgIpc) is 2.61. The molecule has 0 spiro atoms. The molecule has 0 aromatic heterocycles. The normalized spacial score (nSPS) is 11.0. The maximum Gasteiger partial charge on any atom is 0.541 e. The molecule has 0 heterocycles. The quantitative estimate of drug-likeness (QED) is 0.520. The average molecular weight is 367 g/mol. The van der Waals surface area contributed by atoms with E-state index < -0.39 is 7.75 Å². The summed E-state index contributed by atoms with van der Waals surface area (Å²) in [5, 5.41) is 2.99. The van der Waals surface area contributed by atoms with E-state index in [4.69, 9.17) is 9.05 Å². The van der Waals surface area contributed by atoms with Gasteiger partial charge in [-0.2, -0.15) is 0 Å². The molecule has 0 aliphatic heterocycles. The van der Waals surface area contributed by atoms with Crippen LogP contribution in [0.25, 0.3) is 0 Å². The highest BCUT2D eigenvalue weighted by molar-refractivity contribution is 7.56. The third kappa shape index (κ3) is 4.27.